The van der Waals surface area contributed by atoms with Crippen molar-refractivity contribution in [2.75, 3.05) is 16.8 Å². The number of amides is 2. The number of ether oxygens (including phenoxy) is 1. The van der Waals surface area contributed by atoms with Gasteiger partial charge in [-0.1, -0.05) is 39.8 Å². The normalized spacial score (nSPS) is 17.5. The Kier molecular flexibility index (Phi) is 5.06. The smallest absolute Gasteiger partial charge is 0.415 e. The first-order chi connectivity index (χ1) is 10.4. The Morgan fingerprint density at radius 1 is 1.23 bits per heavy atom. The second-order valence-electron chi connectivity index (χ2n) is 6.49. The molecule has 0 aromatic heterocycles. The number of benzene rings is 1. The lowest BCUT2D eigenvalue weighted by Gasteiger charge is -2.36. The molecule has 1 aliphatic rings. The predicted molar refractivity (Wildman–Crippen MR) is 87.0 cm³/mol. The van der Waals surface area contributed by atoms with Crippen molar-refractivity contribution in [2.24, 2.45) is 11.8 Å². The highest BCUT2D eigenvalue weighted by molar-refractivity contribution is 6.10. The molecule has 1 aliphatic heterocycles. The van der Waals surface area contributed by atoms with Crippen molar-refractivity contribution in [1.82, 2.24) is 0 Å². The molecule has 0 unspecified atom stereocenters. The molecule has 120 valence electrons. The Hall–Kier alpha value is -2.04. The maximum Gasteiger partial charge on any atom is 0.415 e. The molecular formula is C17H24N2O3. The summed E-state index contributed by atoms with van der Waals surface area (Å²) >= 11 is 0. The fraction of sp³-hybridized carbons (Fsp3) is 0.529. The summed E-state index contributed by atoms with van der Waals surface area (Å²) in [5.74, 6) is 0.386. The zero-order valence-corrected chi connectivity index (χ0v) is 13.6. The minimum Gasteiger partial charge on any atom is -0.449 e. The van der Waals surface area contributed by atoms with E-state index in [0.717, 1.165) is 0 Å². The molecule has 1 aromatic carbocycles. The average molecular weight is 304 g/mol. The molecule has 1 aromatic rings. The van der Waals surface area contributed by atoms with E-state index in [1.165, 1.54) is 4.90 Å². The number of nitrogens with one attached hydrogen (secondary N) is 1. The van der Waals surface area contributed by atoms with E-state index in [9.17, 15) is 9.59 Å². The van der Waals surface area contributed by atoms with Gasteiger partial charge in [0.15, 0.2) is 0 Å². The summed E-state index contributed by atoms with van der Waals surface area (Å²) in [5, 5.41) is 2.88. The number of nitrogens with zero attached hydrogens (tertiary/aromatic N) is 1. The van der Waals surface area contributed by atoms with Crippen LogP contribution in [-0.4, -0.2) is 24.6 Å². The lowest BCUT2D eigenvalue weighted by Crippen LogP contribution is -2.52. The van der Waals surface area contributed by atoms with Gasteiger partial charge < -0.3 is 10.1 Å². The highest BCUT2D eigenvalue weighted by atomic mass is 16.6. The van der Waals surface area contributed by atoms with E-state index < -0.39 is 12.1 Å². The largest absolute Gasteiger partial charge is 0.449 e. The van der Waals surface area contributed by atoms with Crippen molar-refractivity contribution in [3.05, 3.63) is 24.3 Å². The molecule has 2 rings (SSSR count). The number of fused-ring (bicyclic) bond motifs is 1. The molecule has 0 aliphatic carbocycles. The molecule has 2 amide bonds. The summed E-state index contributed by atoms with van der Waals surface area (Å²) < 4.78 is 5.37. The summed E-state index contributed by atoms with van der Waals surface area (Å²) in [6.07, 6.45) is 0.137. The van der Waals surface area contributed by atoms with Gasteiger partial charge in [-0.3, -0.25) is 9.69 Å². The fourth-order valence-corrected chi connectivity index (χ4v) is 2.48. The van der Waals surface area contributed by atoms with Gasteiger partial charge in [-0.05, 0) is 30.4 Å². The van der Waals surface area contributed by atoms with Crippen LogP contribution in [0.1, 0.15) is 34.1 Å². The Morgan fingerprint density at radius 2 is 1.91 bits per heavy atom. The van der Waals surface area contributed by atoms with Gasteiger partial charge in [0.2, 0.25) is 5.91 Å². The average Bonchev–Trinajstić information content (AvgIpc) is 2.45. The van der Waals surface area contributed by atoms with Crippen molar-refractivity contribution in [2.45, 2.75) is 40.2 Å². The van der Waals surface area contributed by atoms with E-state index in [1.807, 2.05) is 45.9 Å². The zero-order chi connectivity index (χ0) is 16.3. The third-order valence-corrected chi connectivity index (χ3v) is 3.47. The lowest BCUT2D eigenvalue weighted by molar-refractivity contribution is -0.118. The van der Waals surface area contributed by atoms with Crippen LogP contribution in [0.3, 0.4) is 0 Å². The van der Waals surface area contributed by atoms with E-state index in [0.29, 0.717) is 30.3 Å². The molecule has 0 bridgehead atoms. The van der Waals surface area contributed by atoms with Crippen LogP contribution in [0.25, 0.3) is 0 Å². The second kappa shape index (κ2) is 6.81. The summed E-state index contributed by atoms with van der Waals surface area (Å²) in [6.45, 7) is 8.37. The standard InChI is InChI=1S/C17H24N2O3/c1-11(2)9-15-16(20)18-13-7-5-6-8-14(13)19(15)17(21)22-10-12(3)4/h5-8,11-12,15H,9-10H2,1-4H3,(H,18,20)/t15-/m0/s1. The number of anilines is 2. The summed E-state index contributed by atoms with van der Waals surface area (Å²) in [5.41, 5.74) is 1.34. The van der Waals surface area contributed by atoms with Gasteiger partial charge in [0.25, 0.3) is 0 Å². The molecule has 1 atom stereocenters. The molecule has 22 heavy (non-hydrogen) atoms. The quantitative estimate of drug-likeness (QED) is 0.923. The van der Waals surface area contributed by atoms with Crippen LogP contribution in [0.5, 0.6) is 0 Å². The van der Waals surface area contributed by atoms with E-state index in [4.69, 9.17) is 4.74 Å². The Balaban J connectivity index is 2.33. The van der Waals surface area contributed by atoms with Gasteiger partial charge in [0, 0.05) is 0 Å². The number of para-hydroxylation sites is 2. The van der Waals surface area contributed by atoms with Crippen LogP contribution in [0.15, 0.2) is 24.3 Å². The molecule has 0 fully saturated rings. The molecule has 5 nitrogen and oxygen atoms in total. The molecule has 0 saturated carbocycles. The summed E-state index contributed by atoms with van der Waals surface area (Å²) in [7, 11) is 0. The maximum absolute atomic E-state index is 12.5. The van der Waals surface area contributed by atoms with Crippen molar-refractivity contribution < 1.29 is 14.3 Å². The maximum atomic E-state index is 12.5. The van der Waals surface area contributed by atoms with Crippen LogP contribution in [0.2, 0.25) is 0 Å². The third kappa shape index (κ3) is 3.59. The first-order valence-corrected chi connectivity index (χ1v) is 7.76. The van der Waals surface area contributed by atoms with Gasteiger partial charge in [0.05, 0.1) is 18.0 Å². The number of carbonyl (C=O) groups excluding carboxylic acids is 2. The first kappa shape index (κ1) is 16.3. The number of hydrogen-bond donors (Lipinski definition) is 1. The van der Waals surface area contributed by atoms with E-state index in [-0.39, 0.29) is 11.8 Å². The van der Waals surface area contributed by atoms with E-state index >= 15 is 0 Å². The molecule has 0 radical (unpaired) electrons. The monoisotopic (exact) mass is 304 g/mol. The highest BCUT2D eigenvalue weighted by Gasteiger charge is 2.38. The number of carbonyl (C=O) groups is 2. The van der Waals surface area contributed by atoms with Gasteiger partial charge in [-0.25, -0.2) is 4.79 Å². The molecule has 0 saturated heterocycles. The molecule has 1 N–H and O–H groups in total. The van der Waals surface area contributed by atoms with Gasteiger partial charge in [0.1, 0.15) is 6.04 Å². The lowest BCUT2D eigenvalue weighted by atomic mass is 9.99. The van der Waals surface area contributed by atoms with E-state index in [2.05, 4.69) is 5.32 Å². The Bertz CT molecular complexity index is 555. The summed E-state index contributed by atoms with van der Waals surface area (Å²) in [4.78, 5) is 26.4. The Labute approximate surface area is 131 Å². The van der Waals surface area contributed by atoms with Crippen LogP contribution >= 0.6 is 0 Å². The number of hydrogen-bond acceptors (Lipinski definition) is 3. The SMILES string of the molecule is CC(C)COC(=O)N1c2ccccc2NC(=O)[C@@H]1CC(C)C. The topological polar surface area (TPSA) is 58.6 Å². The van der Waals surface area contributed by atoms with Crippen LogP contribution < -0.4 is 10.2 Å². The molecular weight excluding hydrogens is 280 g/mol. The minimum absolute atomic E-state index is 0.158. The molecule has 5 heteroatoms. The number of rotatable bonds is 4. The van der Waals surface area contributed by atoms with Gasteiger partial charge in [-0.2, -0.15) is 0 Å². The van der Waals surface area contributed by atoms with Gasteiger partial charge >= 0.3 is 6.09 Å². The molecule has 0 spiro atoms. The van der Waals surface area contributed by atoms with Crippen molar-refractivity contribution in [3.63, 3.8) is 0 Å². The van der Waals surface area contributed by atoms with Gasteiger partial charge in [-0.15, -0.1) is 0 Å². The third-order valence-electron chi connectivity index (χ3n) is 3.47. The van der Waals surface area contributed by atoms with Crippen LogP contribution in [0.4, 0.5) is 16.2 Å². The predicted octanol–water partition coefficient (Wildman–Crippen LogP) is 3.65. The second-order valence-corrected chi connectivity index (χ2v) is 6.49. The zero-order valence-electron chi connectivity index (χ0n) is 13.6. The van der Waals surface area contributed by atoms with E-state index in [1.54, 1.807) is 6.07 Å². The fourth-order valence-electron chi connectivity index (χ4n) is 2.48. The van der Waals surface area contributed by atoms with Crippen LogP contribution in [0, 0.1) is 11.8 Å². The first-order valence-electron chi connectivity index (χ1n) is 7.76. The highest BCUT2D eigenvalue weighted by Crippen LogP contribution is 2.34. The van der Waals surface area contributed by atoms with Crippen molar-refractivity contribution in [3.8, 4) is 0 Å². The summed E-state index contributed by atoms with van der Waals surface area (Å²) in [6, 6.07) is 6.78. The van der Waals surface area contributed by atoms with Crippen molar-refractivity contribution >= 4 is 23.4 Å². The minimum atomic E-state index is -0.533. The van der Waals surface area contributed by atoms with Crippen molar-refractivity contribution in [1.29, 1.82) is 0 Å². The van der Waals surface area contributed by atoms with Crippen LogP contribution in [-0.2, 0) is 9.53 Å². The Morgan fingerprint density at radius 3 is 2.55 bits per heavy atom. The molecule has 1 heterocycles.